The van der Waals surface area contributed by atoms with Crippen molar-refractivity contribution in [2.24, 2.45) is 0 Å². The first-order valence-corrected chi connectivity index (χ1v) is 9.94. The van der Waals surface area contributed by atoms with Crippen molar-refractivity contribution in [3.8, 4) is 5.69 Å². The number of carbonyl (C=O) groups excluding carboxylic acids is 1. The Balaban J connectivity index is 1.52. The third-order valence-electron chi connectivity index (χ3n) is 5.05. The molecule has 0 aliphatic heterocycles. The number of pyridine rings is 2. The number of aromatic amines is 1. The highest BCUT2D eigenvalue weighted by molar-refractivity contribution is 6.31. The summed E-state index contributed by atoms with van der Waals surface area (Å²) < 4.78 is 1.91. The van der Waals surface area contributed by atoms with Gasteiger partial charge in [0.2, 0.25) is 0 Å². The summed E-state index contributed by atoms with van der Waals surface area (Å²) in [5.74, 6) is -0.328. The van der Waals surface area contributed by atoms with E-state index in [1.807, 2.05) is 34.9 Å². The van der Waals surface area contributed by atoms with Gasteiger partial charge >= 0.3 is 0 Å². The Morgan fingerprint density at radius 3 is 2.77 bits per heavy atom. The molecule has 0 aliphatic rings. The van der Waals surface area contributed by atoms with Crippen LogP contribution in [-0.4, -0.2) is 25.4 Å². The van der Waals surface area contributed by atoms with E-state index in [1.165, 1.54) is 12.5 Å². The quantitative estimate of drug-likeness (QED) is 0.454. The van der Waals surface area contributed by atoms with Crippen LogP contribution in [0, 0.1) is 0 Å². The van der Waals surface area contributed by atoms with Gasteiger partial charge in [-0.25, -0.2) is 9.97 Å². The number of nitrogens with zero attached hydrogens (tertiary/aromatic N) is 3. The number of imidazole rings is 1. The first kappa shape index (κ1) is 19.0. The highest BCUT2D eigenvalue weighted by Gasteiger charge is 2.13. The number of H-pyrrole nitrogens is 1. The van der Waals surface area contributed by atoms with Crippen LogP contribution >= 0.6 is 11.6 Å². The number of fused-ring (bicyclic) bond motifs is 2. The monoisotopic (exact) mass is 429 g/mol. The summed E-state index contributed by atoms with van der Waals surface area (Å²) in [5.41, 5.74) is 3.48. The van der Waals surface area contributed by atoms with Crippen molar-refractivity contribution in [2.45, 2.75) is 6.54 Å². The molecule has 0 spiro atoms. The van der Waals surface area contributed by atoms with E-state index in [0.717, 1.165) is 5.69 Å². The molecular formula is C23H16ClN5O2. The Hall–Kier alpha value is -3.97. The maximum atomic E-state index is 13.1. The summed E-state index contributed by atoms with van der Waals surface area (Å²) in [6.45, 7) is 0.0735. The van der Waals surface area contributed by atoms with Gasteiger partial charge in [-0.1, -0.05) is 29.8 Å². The van der Waals surface area contributed by atoms with Crippen LogP contribution < -0.4 is 10.7 Å². The van der Waals surface area contributed by atoms with E-state index in [-0.39, 0.29) is 17.9 Å². The van der Waals surface area contributed by atoms with E-state index in [9.17, 15) is 9.59 Å². The summed E-state index contributed by atoms with van der Waals surface area (Å²) in [6.07, 6.45) is 4.73. The standard InChI is InChI=1S/C23H16ClN5O2/c24-16-6-7-18-20(9-16)29(17-4-2-1-3-5-17)12-15(21(18)30)11-26-23(31)14-8-19-22(25-10-14)28-13-27-19/h1-10,12-13H,11H2,(H,26,31)(H,25,27,28). The fourth-order valence-corrected chi connectivity index (χ4v) is 3.68. The van der Waals surface area contributed by atoms with Crippen molar-refractivity contribution in [1.29, 1.82) is 0 Å². The molecule has 3 aromatic heterocycles. The van der Waals surface area contributed by atoms with Crippen LogP contribution in [0.3, 0.4) is 0 Å². The molecule has 1 amide bonds. The van der Waals surface area contributed by atoms with E-state index in [4.69, 9.17) is 11.6 Å². The second-order valence-electron chi connectivity index (χ2n) is 7.03. The number of hydrogen-bond acceptors (Lipinski definition) is 4. The Kier molecular flexibility index (Phi) is 4.72. The molecule has 0 bridgehead atoms. The fraction of sp³-hybridized carbons (Fsp3) is 0.0435. The van der Waals surface area contributed by atoms with Gasteiger partial charge in [-0.15, -0.1) is 0 Å². The third kappa shape index (κ3) is 3.55. The Morgan fingerprint density at radius 2 is 1.94 bits per heavy atom. The highest BCUT2D eigenvalue weighted by atomic mass is 35.5. The number of amides is 1. The number of halogens is 1. The number of para-hydroxylation sites is 1. The number of rotatable bonds is 4. The smallest absolute Gasteiger partial charge is 0.253 e. The van der Waals surface area contributed by atoms with Crippen molar-refractivity contribution in [3.05, 3.63) is 99.7 Å². The molecule has 0 radical (unpaired) electrons. The molecule has 8 heteroatoms. The molecule has 0 saturated carbocycles. The zero-order valence-corrected chi connectivity index (χ0v) is 16.9. The summed E-state index contributed by atoms with van der Waals surface area (Å²) in [6, 6.07) is 16.5. The molecular weight excluding hydrogens is 414 g/mol. The minimum Gasteiger partial charge on any atom is -0.348 e. The van der Waals surface area contributed by atoms with Crippen LogP contribution in [0.15, 0.2) is 78.1 Å². The predicted octanol–water partition coefficient (Wildman–Crippen LogP) is 3.85. The van der Waals surface area contributed by atoms with Gasteiger partial charge in [0.1, 0.15) is 0 Å². The first-order valence-electron chi connectivity index (χ1n) is 9.57. The van der Waals surface area contributed by atoms with E-state index in [0.29, 0.717) is 38.2 Å². The minimum atomic E-state index is -0.328. The number of hydrogen-bond donors (Lipinski definition) is 2. The summed E-state index contributed by atoms with van der Waals surface area (Å²) in [7, 11) is 0. The van der Waals surface area contributed by atoms with E-state index < -0.39 is 0 Å². The Labute approximate surface area is 181 Å². The lowest BCUT2D eigenvalue weighted by molar-refractivity contribution is 0.0950. The number of nitrogens with one attached hydrogen (secondary N) is 2. The average molecular weight is 430 g/mol. The molecule has 2 aromatic carbocycles. The highest BCUT2D eigenvalue weighted by Crippen LogP contribution is 2.21. The van der Waals surface area contributed by atoms with E-state index >= 15 is 0 Å². The second kappa shape index (κ2) is 7.70. The minimum absolute atomic E-state index is 0.0735. The molecule has 2 N–H and O–H groups in total. The zero-order chi connectivity index (χ0) is 21.4. The number of carbonyl (C=O) groups is 1. The van der Waals surface area contributed by atoms with Crippen LogP contribution in [-0.2, 0) is 6.54 Å². The van der Waals surface area contributed by atoms with Gasteiger partial charge in [-0.2, -0.15) is 0 Å². The van der Waals surface area contributed by atoms with Gasteiger partial charge in [-0.05, 0) is 36.4 Å². The van der Waals surface area contributed by atoms with Crippen molar-refractivity contribution >= 4 is 39.6 Å². The van der Waals surface area contributed by atoms with E-state index in [2.05, 4.69) is 20.3 Å². The van der Waals surface area contributed by atoms with Crippen LogP contribution in [0.5, 0.6) is 0 Å². The van der Waals surface area contributed by atoms with Crippen molar-refractivity contribution in [1.82, 2.24) is 24.8 Å². The lowest BCUT2D eigenvalue weighted by Gasteiger charge is -2.14. The molecule has 0 fully saturated rings. The summed E-state index contributed by atoms with van der Waals surface area (Å²) in [5, 5.41) is 3.88. The van der Waals surface area contributed by atoms with Crippen LogP contribution in [0.25, 0.3) is 27.8 Å². The fourth-order valence-electron chi connectivity index (χ4n) is 3.51. The lowest BCUT2D eigenvalue weighted by atomic mass is 10.1. The third-order valence-corrected chi connectivity index (χ3v) is 5.29. The molecule has 5 aromatic rings. The van der Waals surface area contributed by atoms with Gasteiger partial charge in [0, 0.05) is 40.6 Å². The number of benzene rings is 2. The topological polar surface area (TPSA) is 92.7 Å². The number of aromatic nitrogens is 4. The van der Waals surface area contributed by atoms with Crippen LogP contribution in [0.1, 0.15) is 15.9 Å². The zero-order valence-electron chi connectivity index (χ0n) is 16.2. The Bertz CT molecular complexity index is 1490. The normalized spacial score (nSPS) is 11.1. The van der Waals surface area contributed by atoms with Gasteiger partial charge < -0.3 is 14.9 Å². The molecule has 0 atom stereocenters. The van der Waals surface area contributed by atoms with Crippen molar-refractivity contribution in [2.75, 3.05) is 0 Å². The molecule has 0 saturated heterocycles. The molecule has 3 heterocycles. The van der Waals surface area contributed by atoms with Gasteiger partial charge in [-0.3, -0.25) is 9.59 Å². The maximum absolute atomic E-state index is 13.1. The molecule has 31 heavy (non-hydrogen) atoms. The lowest BCUT2D eigenvalue weighted by Crippen LogP contribution is -2.27. The molecule has 7 nitrogen and oxygen atoms in total. The summed E-state index contributed by atoms with van der Waals surface area (Å²) in [4.78, 5) is 36.9. The predicted molar refractivity (Wildman–Crippen MR) is 120 cm³/mol. The Morgan fingerprint density at radius 1 is 1.10 bits per heavy atom. The van der Waals surface area contributed by atoms with E-state index in [1.54, 1.807) is 30.5 Å². The maximum Gasteiger partial charge on any atom is 0.253 e. The molecule has 5 rings (SSSR count). The molecule has 0 aliphatic carbocycles. The van der Waals surface area contributed by atoms with Gasteiger partial charge in [0.25, 0.3) is 5.91 Å². The van der Waals surface area contributed by atoms with Gasteiger partial charge in [0.15, 0.2) is 11.1 Å². The SMILES string of the molecule is O=C(NCc1cn(-c2ccccc2)c2cc(Cl)ccc2c1=O)c1cnc2nc[nH]c2c1. The van der Waals surface area contributed by atoms with Crippen molar-refractivity contribution < 1.29 is 4.79 Å². The van der Waals surface area contributed by atoms with Crippen molar-refractivity contribution in [3.63, 3.8) is 0 Å². The molecule has 0 unspecified atom stereocenters. The molecule has 152 valence electrons. The average Bonchev–Trinajstić information content (AvgIpc) is 3.27. The van der Waals surface area contributed by atoms with Crippen LogP contribution in [0.4, 0.5) is 0 Å². The first-order chi connectivity index (χ1) is 15.1. The summed E-state index contributed by atoms with van der Waals surface area (Å²) >= 11 is 6.19. The van der Waals surface area contributed by atoms with Crippen LogP contribution in [0.2, 0.25) is 5.02 Å². The second-order valence-corrected chi connectivity index (χ2v) is 7.47. The largest absolute Gasteiger partial charge is 0.348 e. The van der Waals surface area contributed by atoms with Gasteiger partial charge in [0.05, 0.1) is 22.9 Å².